The maximum Gasteiger partial charge on any atom is 0.341 e. The van der Waals surface area contributed by atoms with E-state index < -0.39 is 0 Å². The highest BCUT2D eigenvalue weighted by Crippen LogP contribution is 2.36. The zero-order valence-electron chi connectivity index (χ0n) is 19.3. The zero-order chi connectivity index (χ0) is 23.6. The first-order chi connectivity index (χ1) is 16.0. The Labute approximate surface area is 203 Å². The summed E-state index contributed by atoms with van der Waals surface area (Å²) >= 11 is 3.15. The molecule has 33 heavy (non-hydrogen) atoms. The van der Waals surface area contributed by atoms with E-state index in [-0.39, 0.29) is 11.9 Å². The fraction of sp³-hybridized carbons (Fsp3) is 0.583. The lowest BCUT2D eigenvalue weighted by atomic mass is 9.98. The van der Waals surface area contributed by atoms with Crippen molar-refractivity contribution < 1.29 is 28.5 Å². The Balaban J connectivity index is 0.000000186. The first-order valence-electron chi connectivity index (χ1n) is 11.5. The predicted octanol–water partition coefficient (Wildman–Crippen LogP) is 5.22. The second-order valence-corrected chi connectivity index (χ2v) is 9.94. The molecule has 2 N–H and O–H groups in total. The molecule has 2 aliphatic rings. The zero-order valence-corrected chi connectivity index (χ0v) is 20.9. The highest BCUT2D eigenvalue weighted by molar-refractivity contribution is 7.16. The average Bonchev–Trinajstić information content (AvgIpc) is 3.49. The number of anilines is 1. The van der Waals surface area contributed by atoms with Crippen molar-refractivity contribution in [1.82, 2.24) is 0 Å². The molecule has 2 aliphatic heterocycles. The molecular formula is C24H33NO6S2. The summed E-state index contributed by atoms with van der Waals surface area (Å²) in [6, 6.07) is 3.85. The van der Waals surface area contributed by atoms with E-state index in [2.05, 4.69) is 0 Å². The molecule has 2 saturated heterocycles. The van der Waals surface area contributed by atoms with Gasteiger partial charge in [-0.05, 0) is 63.5 Å². The number of hydrogen-bond acceptors (Lipinski definition) is 9. The lowest BCUT2D eigenvalue weighted by Gasteiger charge is -2.20. The highest BCUT2D eigenvalue weighted by Gasteiger charge is 2.22. The Hall–Kier alpha value is -1.94. The number of nitrogens with two attached hydrogens (primary N) is 1. The second-order valence-electron chi connectivity index (χ2n) is 7.88. The van der Waals surface area contributed by atoms with Gasteiger partial charge in [0.15, 0.2) is 0 Å². The van der Waals surface area contributed by atoms with Gasteiger partial charge in [-0.2, -0.15) is 0 Å². The molecule has 0 bridgehead atoms. The lowest BCUT2D eigenvalue weighted by molar-refractivity contribution is 0.0517. The smallest absolute Gasteiger partial charge is 0.341 e. The summed E-state index contributed by atoms with van der Waals surface area (Å²) in [5.74, 6) is 0.498. The van der Waals surface area contributed by atoms with Crippen LogP contribution in [0.5, 0.6) is 0 Å². The van der Waals surface area contributed by atoms with Crippen LogP contribution in [-0.4, -0.2) is 51.6 Å². The Morgan fingerprint density at radius 3 is 2.03 bits per heavy atom. The van der Waals surface area contributed by atoms with Crippen LogP contribution in [0.1, 0.15) is 81.8 Å². The van der Waals surface area contributed by atoms with Gasteiger partial charge in [0.2, 0.25) is 0 Å². The van der Waals surface area contributed by atoms with Crippen LogP contribution in [0.2, 0.25) is 0 Å². The summed E-state index contributed by atoms with van der Waals surface area (Å²) in [4.78, 5) is 25.6. The van der Waals surface area contributed by atoms with Gasteiger partial charge in [-0.25, -0.2) is 9.59 Å². The number of ether oxygens (including phenoxy) is 4. The minimum atomic E-state index is -0.320. The van der Waals surface area contributed by atoms with Crippen molar-refractivity contribution in [3.05, 3.63) is 38.4 Å². The van der Waals surface area contributed by atoms with Gasteiger partial charge in [-0.1, -0.05) is 0 Å². The van der Waals surface area contributed by atoms with E-state index in [1.165, 1.54) is 21.1 Å². The van der Waals surface area contributed by atoms with Crippen LogP contribution in [0.15, 0.2) is 17.5 Å². The molecule has 2 aromatic heterocycles. The van der Waals surface area contributed by atoms with Crippen LogP contribution in [0.25, 0.3) is 0 Å². The molecule has 2 aromatic rings. The van der Waals surface area contributed by atoms with Gasteiger partial charge in [0.05, 0.1) is 24.3 Å². The van der Waals surface area contributed by atoms with Crippen molar-refractivity contribution in [2.75, 3.05) is 45.4 Å². The van der Waals surface area contributed by atoms with E-state index in [4.69, 9.17) is 24.7 Å². The number of thiophene rings is 2. The summed E-state index contributed by atoms with van der Waals surface area (Å²) in [7, 11) is 0. The molecule has 4 heterocycles. The number of nitrogen functional groups attached to an aromatic ring is 1. The molecule has 0 saturated carbocycles. The molecule has 0 radical (unpaired) electrons. The van der Waals surface area contributed by atoms with Crippen LogP contribution in [0.4, 0.5) is 5.00 Å². The first-order valence-corrected chi connectivity index (χ1v) is 13.2. The van der Waals surface area contributed by atoms with E-state index in [0.29, 0.717) is 41.2 Å². The lowest BCUT2D eigenvalue weighted by Crippen LogP contribution is -2.13. The maximum atomic E-state index is 11.6. The van der Waals surface area contributed by atoms with Crippen LogP contribution in [0, 0.1) is 0 Å². The van der Waals surface area contributed by atoms with Gasteiger partial charge in [0.1, 0.15) is 5.00 Å². The molecule has 7 nitrogen and oxygen atoms in total. The quantitative estimate of drug-likeness (QED) is 0.549. The highest BCUT2D eigenvalue weighted by atomic mass is 32.1. The molecule has 0 unspecified atom stereocenters. The van der Waals surface area contributed by atoms with Crippen molar-refractivity contribution in [1.29, 1.82) is 0 Å². The third-order valence-corrected chi connectivity index (χ3v) is 7.88. The third kappa shape index (κ3) is 7.27. The molecule has 0 amide bonds. The van der Waals surface area contributed by atoms with E-state index in [9.17, 15) is 9.59 Å². The maximum absolute atomic E-state index is 11.6. The Morgan fingerprint density at radius 1 is 0.909 bits per heavy atom. The molecule has 9 heteroatoms. The molecular weight excluding hydrogens is 462 g/mol. The Bertz CT molecular complexity index is 897. The Morgan fingerprint density at radius 2 is 1.45 bits per heavy atom. The van der Waals surface area contributed by atoms with Crippen molar-refractivity contribution in [3.8, 4) is 0 Å². The van der Waals surface area contributed by atoms with Gasteiger partial charge in [0.25, 0.3) is 0 Å². The Kier molecular flexibility index (Phi) is 10.2. The van der Waals surface area contributed by atoms with Gasteiger partial charge in [0, 0.05) is 41.6 Å². The van der Waals surface area contributed by atoms with Crippen molar-refractivity contribution in [2.24, 2.45) is 0 Å². The minimum absolute atomic E-state index is 0.211. The minimum Gasteiger partial charge on any atom is -0.462 e. The second kappa shape index (κ2) is 13.1. The summed E-state index contributed by atoms with van der Waals surface area (Å²) in [5, 5.41) is 2.45. The van der Waals surface area contributed by atoms with Crippen LogP contribution >= 0.6 is 22.7 Å². The van der Waals surface area contributed by atoms with Crippen LogP contribution in [0.3, 0.4) is 0 Å². The third-order valence-electron chi connectivity index (χ3n) is 5.65. The summed E-state index contributed by atoms with van der Waals surface area (Å²) in [5.41, 5.74) is 7.07. The van der Waals surface area contributed by atoms with Gasteiger partial charge in [-0.3, -0.25) is 0 Å². The number of carbonyl (C=O) groups excluding carboxylic acids is 2. The molecule has 0 aromatic carbocycles. The first kappa shape index (κ1) is 25.7. The molecule has 4 rings (SSSR count). The molecule has 0 atom stereocenters. The summed E-state index contributed by atoms with van der Waals surface area (Å²) < 4.78 is 20.6. The topological polar surface area (TPSA) is 97.1 Å². The monoisotopic (exact) mass is 495 g/mol. The van der Waals surface area contributed by atoms with E-state index in [1.807, 2.05) is 24.4 Å². The molecule has 0 aliphatic carbocycles. The predicted molar refractivity (Wildman–Crippen MR) is 131 cm³/mol. The standard InChI is InChI=1S/C12H17NO3S.C12H16O3S/c1-2-16-12(14)9-7-10(17-11(9)13)8-3-5-15-6-4-8;1-2-15-12(13)10-7-11(16-8-10)9-3-5-14-6-4-9/h7-8H,2-6,13H2,1H3;7-9H,2-6H2,1H3. The van der Waals surface area contributed by atoms with E-state index in [1.54, 1.807) is 18.3 Å². The number of rotatable bonds is 6. The van der Waals surface area contributed by atoms with Gasteiger partial charge >= 0.3 is 11.9 Å². The summed E-state index contributed by atoms with van der Waals surface area (Å²) in [6.07, 6.45) is 4.12. The van der Waals surface area contributed by atoms with Crippen molar-refractivity contribution in [2.45, 2.75) is 51.4 Å². The van der Waals surface area contributed by atoms with E-state index in [0.717, 1.165) is 52.1 Å². The van der Waals surface area contributed by atoms with Gasteiger partial charge < -0.3 is 24.7 Å². The van der Waals surface area contributed by atoms with Crippen LogP contribution in [-0.2, 0) is 18.9 Å². The van der Waals surface area contributed by atoms with Crippen LogP contribution < -0.4 is 5.73 Å². The number of esters is 2. The van der Waals surface area contributed by atoms with Crippen molar-refractivity contribution in [3.63, 3.8) is 0 Å². The number of hydrogen-bond donors (Lipinski definition) is 1. The molecule has 0 spiro atoms. The van der Waals surface area contributed by atoms with E-state index >= 15 is 0 Å². The SMILES string of the molecule is CCOC(=O)c1cc(C2CCOCC2)sc1N.CCOC(=O)c1csc(C2CCOCC2)c1. The van der Waals surface area contributed by atoms with Crippen molar-refractivity contribution >= 4 is 39.6 Å². The van der Waals surface area contributed by atoms with Gasteiger partial charge in [-0.15, -0.1) is 22.7 Å². The summed E-state index contributed by atoms with van der Waals surface area (Å²) in [6.45, 7) is 7.66. The fourth-order valence-corrected chi connectivity index (χ4v) is 5.98. The largest absolute Gasteiger partial charge is 0.462 e. The fourth-order valence-electron chi connectivity index (χ4n) is 3.85. The number of carbonyl (C=O) groups is 2. The average molecular weight is 496 g/mol. The normalized spacial score (nSPS) is 17.2. The molecule has 182 valence electrons. The molecule has 2 fully saturated rings.